The third-order valence-electron chi connectivity index (χ3n) is 4.60. The van der Waals surface area contributed by atoms with Crippen molar-refractivity contribution < 1.29 is 22.2 Å². The Kier molecular flexibility index (Phi) is 5.43. The number of anilines is 1. The van der Waals surface area contributed by atoms with Gasteiger partial charge in [-0.3, -0.25) is 4.68 Å². The van der Waals surface area contributed by atoms with E-state index in [1.165, 1.54) is 17.7 Å². The average molecular weight is 430 g/mol. The maximum Gasteiger partial charge on any atom is 0.433 e. The van der Waals surface area contributed by atoms with E-state index in [1.807, 2.05) is 13.8 Å². The molecule has 3 rings (SSSR count). The van der Waals surface area contributed by atoms with Gasteiger partial charge in [-0.25, -0.2) is 19.1 Å². The maximum atomic E-state index is 13.3. The van der Waals surface area contributed by atoms with Gasteiger partial charge in [-0.05, 0) is 51.7 Å². The number of aromatic nitrogens is 3. The van der Waals surface area contributed by atoms with Gasteiger partial charge in [-0.1, -0.05) is 0 Å². The molecule has 0 spiro atoms. The molecule has 1 aliphatic rings. The molecule has 1 atom stereocenters. The van der Waals surface area contributed by atoms with Gasteiger partial charge in [0.15, 0.2) is 14.9 Å². The number of nitrogens with one attached hydrogen (secondary N) is 1. The first-order valence-corrected chi connectivity index (χ1v) is 10.5. The molecule has 0 fully saturated rings. The van der Waals surface area contributed by atoms with E-state index in [1.54, 1.807) is 6.20 Å². The summed E-state index contributed by atoms with van der Waals surface area (Å²) < 4.78 is 57.6. The Hall–Kier alpha value is -2.47. The van der Waals surface area contributed by atoms with E-state index in [-0.39, 0.29) is 22.3 Å². The summed E-state index contributed by atoms with van der Waals surface area (Å²) in [6, 6.07) is 0.264. The number of alkyl halides is 3. The van der Waals surface area contributed by atoms with Crippen LogP contribution in [0.2, 0.25) is 0 Å². The smallest absolute Gasteiger partial charge is 0.305 e. The monoisotopic (exact) mass is 430 g/mol. The molecule has 0 unspecified atom stereocenters. The quantitative estimate of drug-likeness (QED) is 0.774. The number of hydrogen-bond donors (Lipinski definition) is 2. The minimum Gasteiger partial charge on any atom is -0.305 e. The highest BCUT2D eigenvalue weighted by molar-refractivity contribution is 7.91. The number of amides is 2. The number of rotatable bonds is 3. The van der Waals surface area contributed by atoms with Crippen LogP contribution in [0.5, 0.6) is 0 Å². The highest BCUT2D eigenvalue weighted by Crippen LogP contribution is 2.38. The lowest BCUT2D eigenvalue weighted by molar-refractivity contribution is -0.141. The first kappa shape index (κ1) is 21.2. The summed E-state index contributed by atoms with van der Waals surface area (Å²) >= 11 is 0. The molecule has 0 aromatic carbocycles. The van der Waals surface area contributed by atoms with Gasteiger partial charge in [0.1, 0.15) is 5.69 Å². The lowest BCUT2D eigenvalue weighted by Gasteiger charge is -2.17. The Bertz CT molecular complexity index is 1080. The first-order valence-electron chi connectivity index (χ1n) is 8.90. The predicted octanol–water partition coefficient (Wildman–Crippen LogP) is 3.61. The van der Waals surface area contributed by atoms with Gasteiger partial charge in [-0.15, -0.1) is 4.36 Å². The Morgan fingerprint density at radius 2 is 2.07 bits per heavy atom. The predicted molar refractivity (Wildman–Crippen MR) is 101 cm³/mol. The Morgan fingerprint density at radius 1 is 1.38 bits per heavy atom. The summed E-state index contributed by atoms with van der Waals surface area (Å²) in [6.07, 6.45) is -1.62. The highest BCUT2D eigenvalue weighted by Gasteiger charge is 2.37. The Balaban J connectivity index is 1.97. The van der Waals surface area contributed by atoms with Gasteiger partial charge in [-0.2, -0.15) is 18.3 Å². The van der Waals surface area contributed by atoms with Gasteiger partial charge in [0, 0.05) is 23.5 Å². The highest BCUT2D eigenvalue weighted by atomic mass is 32.2. The molecule has 1 aliphatic carbocycles. The minimum atomic E-state index is -4.66. The number of nitrogens with zero attached hydrogens (tertiary/aromatic N) is 4. The van der Waals surface area contributed by atoms with Crippen molar-refractivity contribution >= 4 is 21.6 Å². The van der Waals surface area contributed by atoms with Crippen LogP contribution in [0.25, 0.3) is 0 Å². The van der Waals surface area contributed by atoms with Gasteiger partial charge in [0.2, 0.25) is 0 Å². The molecule has 0 radical (unpaired) electrons. The van der Waals surface area contributed by atoms with Crippen LogP contribution in [0.4, 0.5) is 23.7 Å². The molecule has 0 bridgehead atoms. The second-order valence-electron chi connectivity index (χ2n) is 7.05. The van der Waals surface area contributed by atoms with E-state index in [0.717, 1.165) is 0 Å². The van der Waals surface area contributed by atoms with Crippen LogP contribution in [0, 0.1) is 6.92 Å². The minimum absolute atomic E-state index is 0.00325. The van der Waals surface area contributed by atoms with Crippen molar-refractivity contribution in [1.29, 1.82) is 0 Å². The topological polar surface area (TPSA) is 115 Å². The van der Waals surface area contributed by atoms with Crippen molar-refractivity contribution in [1.82, 2.24) is 14.8 Å². The molecule has 0 saturated carbocycles. The number of aryl methyl sites for hydroxylation is 1. The largest absolute Gasteiger partial charge is 0.433 e. The van der Waals surface area contributed by atoms with Gasteiger partial charge >= 0.3 is 12.2 Å². The van der Waals surface area contributed by atoms with E-state index in [0.29, 0.717) is 30.5 Å². The molecular formula is C17H21F3N6O2S. The molecule has 0 saturated heterocycles. The molecule has 158 valence electrons. The molecule has 0 aliphatic heterocycles. The molecule has 2 heterocycles. The van der Waals surface area contributed by atoms with E-state index in [4.69, 9.17) is 5.14 Å². The molecule has 8 nitrogen and oxygen atoms in total. The van der Waals surface area contributed by atoms with Crippen molar-refractivity contribution in [3.63, 3.8) is 0 Å². The van der Waals surface area contributed by atoms with E-state index >= 15 is 0 Å². The maximum absolute atomic E-state index is 13.3. The summed E-state index contributed by atoms with van der Waals surface area (Å²) in [7, 11) is -3.66. The van der Waals surface area contributed by atoms with Crippen LogP contribution in [0.15, 0.2) is 21.7 Å². The molecule has 3 N–H and O–H groups in total. The van der Waals surface area contributed by atoms with E-state index < -0.39 is 27.8 Å². The van der Waals surface area contributed by atoms with Crippen LogP contribution in [0.3, 0.4) is 0 Å². The number of fused-ring (bicyclic) bond motifs is 1. The number of urea groups is 1. The fourth-order valence-electron chi connectivity index (χ4n) is 3.19. The normalized spacial score (nSPS) is 15.9. The molecule has 2 aromatic rings. The number of nitrogens with two attached hydrogens (primary N) is 1. The molecule has 29 heavy (non-hydrogen) atoms. The molecule has 2 amide bonds. The summed E-state index contributed by atoms with van der Waals surface area (Å²) in [5.74, 6) is 0. The van der Waals surface area contributed by atoms with Gasteiger partial charge in [0.05, 0.1) is 5.69 Å². The van der Waals surface area contributed by atoms with Crippen molar-refractivity contribution in [3.8, 4) is 0 Å². The SMILES string of the molecule is Cc1c(C(F)(F)F)nc2c(c1NC(=O)N=[S@](N)(=O)c1ccn(C(C)C)n1)CCC2. The van der Waals surface area contributed by atoms with Crippen LogP contribution >= 0.6 is 0 Å². The zero-order valence-corrected chi connectivity index (χ0v) is 16.9. The third kappa shape index (κ3) is 4.27. The van der Waals surface area contributed by atoms with Gasteiger partial charge < -0.3 is 5.32 Å². The third-order valence-corrected chi connectivity index (χ3v) is 5.85. The number of carbonyl (C=O) groups excluding carboxylic acids is 1. The second-order valence-corrected chi connectivity index (χ2v) is 8.79. The number of hydrogen-bond acceptors (Lipinski definition) is 4. The standard InChI is InChI=1S/C17H21F3N6O2S/c1-9(2)26-8-7-13(24-26)29(21,28)25-16(27)23-14-10(3)15(17(18,19)20)22-12-6-4-5-11(12)14/h7-9H,4-6H2,1-3H3,(H3,21,22,23,25,27,28)/t29-/m0/s1. The fraction of sp³-hybridized carbons (Fsp3) is 0.471. The number of halogens is 3. The zero-order valence-electron chi connectivity index (χ0n) is 16.1. The van der Waals surface area contributed by atoms with Crippen LogP contribution in [-0.4, -0.2) is 25.0 Å². The van der Waals surface area contributed by atoms with Crippen LogP contribution < -0.4 is 10.5 Å². The van der Waals surface area contributed by atoms with Crippen molar-refractivity contribution in [2.24, 2.45) is 9.50 Å². The molecule has 12 heteroatoms. The van der Waals surface area contributed by atoms with Gasteiger partial charge in [0.25, 0.3) is 0 Å². The van der Waals surface area contributed by atoms with Crippen LogP contribution in [-0.2, 0) is 28.9 Å². The Labute approximate surface area is 166 Å². The second kappa shape index (κ2) is 7.41. The lowest BCUT2D eigenvalue weighted by Crippen LogP contribution is -2.21. The summed E-state index contributed by atoms with van der Waals surface area (Å²) in [6.45, 7) is 4.93. The summed E-state index contributed by atoms with van der Waals surface area (Å²) in [4.78, 5) is 16.1. The van der Waals surface area contributed by atoms with Crippen LogP contribution in [0.1, 0.15) is 48.8 Å². The fourth-order valence-corrected chi connectivity index (χ4v) is 4.05. The molecule has 2 aromatic heterocycles. The first-order chi connectivity index (χ1) is 13.4. The average Bonchev–Trinajstić information content (AvgIpc) is 3.24. The van der Waals surface area contributed by atoms with Crippen molar-refractivity contribution in [2.75, 3.05) is 5.32 Å². The lowest BCUT2D eigenvalue weighted by atomic mass is 10.1. The zero-order chi connectivity index (χ0) is 21.6. The molecular weight excluding hydrogens is 409 g/mol. The van der Waals surface area contributed by atoms with Crippen molar-refractivity contribution in [3.05, 3.63) is 34.8 Å². The summed E-state index contributed by atoms with van der Waals surface area (Å²) in [5, 5.41) is 12.0. The Morgan fingerprint density at radius 3 is 2.66 bits per heavy atom. The number of pyridine rings is 1. The number of carbonyl (C=O) groups is 1. The van der Waals surface area contributed by atoms with E-state index in [2.05, 4.69) is 19.8 Å². The summed E-state index contributed by atoms with van der Waals surface area (Å²) in [5.41, 5.74) is -0.447. The van der Waals surface area contributed by atoms with E-state index in [9.17, 15) is 22.2 Å². The van der Waals surface area contributed by atoms with Crippen molar-refractivity contribution in [2.45, 2.75) is 57.3 Å².